The third-order valence-corrected chi connectivity index (χ3v) is 7.87. The zero-order valence-corrected chi connectivity index (χ0v) is 13.2. The minimum absolute atomic E-state index is 0.213. The Kier molecular flexibility index (Phi) is 5.01. The van der Waals surface area contributed by atoms with E-state index in [1.54, 1.807) is 0 Å². The average Bonchev–Trinajstić information content (AvgIpc) is 2.89. The molecule has 3 nitrogen and oxygen atoms in total. The quantitative estimate of drug-likeness (QED) is 0.619. The van der Waals surface area contributed by atoms with E-state index in [1.807, 2.05) is 0 Å². The van der Waals surface area contributed by atoms with Gasteiger partial charge in [-0.2, -0.15) is 23.5 Å². The van der Waals surface area contributed by atoms with Crippen LogP contribution in [0.2, 0.25) is 0 Å². The molecule has 110 valence electrons. The van der Waals surface area contributed by atoms with Gasteiger partial charge in [-0.3, -0.25) is 11.3 Å². The first-order valence-electron chi connectivity index (χ1n) is 7.62. The molecule has 2 heterocycles. The van der Waals surface area contributed by atoms with Crippen molar-refractivity contribution in [1.82, 2.24) is 5.43 Å². The predicted molar refractivity (Wildman–Crippen MR) is 84.6 cm³/mol. The molecule has 3 atom stereocenters. The highest BCUT2D eigenvalue weighted by Gasteiger charge is 2.43. The van der Waals surface area contributed by atoms with E-state index in [2.05, 4.69) is 28.9 Å². The van der Waals surface area contributed by atoms with Crippen molar-refractivity contribution in [1.29, 1.82) is 0 Å². The zero-order chi connectivity index (χ0) is 13.1. The number of ether oxygens (including phenoxy) is 1. The van der Waals surface area contributed by atoms with Crippen molar-refractivity contribution in [2.75, 3.05) is 23.9 Å². The SMILES string of the molecule is NNC(C1CCOC2(CCCC2)C1)C1CSCCS1. The van der Waals surface area contributed by atoms with E-state index in [1.165, 1.54) is 55.8 Å². The molecule has 2 saturated heterocycles. The molecule has 1 aliphatic carbocycles. The van der Waals surface area contributed by atoms with Crippen LogP contribution in [0.15, 0.2) is 0 Å². The largest absolute Gasteiger partial charge is 0.375 e. The lowest BCUT2D eigenvalue weighted by Crippen LogP contribution is -2.53. The van der Waals surface area contributed by atoms with Gasteiger partial charge in [0.05, 0.1) is 5.60 Å². The highest BCUT2D eigenvalue weighted by Crippen LogP contribution is 2.44. The van der Waals surface area contributed by atoms with Crippen LogP contribution in [0.3, 0.4) is 0 Å². The summed E-state index contributed by atoms with van der Waals surface area (Å²) < 4.78 is 6.16. The van der Waals surface area contributed by atoms with Crippen LogP contribution in [0.4, 0.5) is 0 Å². The highest BCUT2D eigenvalue weighted by molar-refractivity contribution is 8.06. The van der Waals surface area contributed by atoms with Crippen LogP contribution in [-0.2, 0) is 4.74 Å². The van der Waals surface area contributed by atoms with Crippen molar-refractivity contribution in [3.8, 4) is 0 Å². The van der Waals surface area contributed by atoms with Crippen molar-refractivity contribution >= 4 is 23.5 Å². The van der Waals surface area contributed by atoms with Crippen LogP contribution in [0.25, 0.3) is 0 Å². The van der Waals surface area contributed by atoms with Crippen LogP contribution in [0.1, 0.15) is 38.5 Å². The lowest BCUT2D eigenvalue weighted by molar-refractivity contribution is -0.0977. The van der Waals surface area contributed by atoms with Gasteiger partial charge in [-0.05, 0) is 31.6 Å². The Balaban J connectivity index is 1.64. The van der Waals surface area contributed by atoms with E-state index in [9.17, 15) is 0 Å². The molecule has 3 aliphatic rings. The van der Waals surface area contributed by atoms with Gasteiger partial charge < -0.3 is 4.74 Å². The van der Waals surface area contributed by atoms with Gasteiger partial charge in [0.25, 0.3) is 0 Å². The maximum absolute atomic E-state index is 6.16. The molecule has 0 aromatic heterocycles. The topological polar surface area (TPSA) is 47.3 Å². The number of hydrogen-bond donors (Lipinski definition) is 2. The number of hydrogen-bond acceptors (Lipinski definition) is 5. The molecule has 3 rings (SSSR count). The average molecular weight is 303 g/mol. The molecule has 0 radical (unpaired) electrons. The Bertz CT molecular complexity index is 291. The zero-order valence-electron chi connectivity index (χ0n) is 11.6. The fraction of sp³-hybridized carbons (Fsp3) is 1.00. The standard InChI is InChI=1S/C14H26N2OS2/c15-16-13(12-10-18-7-8-19-12)11-3-6-17-14(9-11)4-1-2-5-14/h11-13,16H,1-10,15H2. The summed E-state index contributed by atoms with van der Waals surface area (Å²) in [5, 5.41) is 0.685. The Morgan fingerprint density at radius 3 is 2.79 bits per heavy atom. The first-order valence-corrected chi connectivity index (χ1v) is 9.83. The summed E-state index contributed by atoms with van der Waals surface area (Å²) in [4.78, 5) is 0. The Hall–Kier alpha value is 0.580. The van der Waals surface area contributed by atoms with E-state index >= 15 is 0 Å². The molecule has 2 aliphatic heterocycles. The molecular formula is C14H26N2OS2. The van der Waals surface area contributed by atoms with Gasteiger partial charge in [0, 0.05) is 35.2 Å². The molecule has 3 fully saturated rings. The third-order valence-electron chi connectivity index (χ3n) is 4.99. The fourth-order valence-corrected chi connectivity index (χ4v) is 6.95. The lowest BCUT2D eigenvalue weighted by atomic mass is 9.80. The van der Waals surface area contributed by atoms with E-state index in [0.29, 0.717) is 17.2 Å². The third kappa shape index (κ3) is 3.26. The van der Waals surface area contributed by atoms with Gasteiger partial charge >= 0.3 is 0 Å². The van der Waals surface area contributed by atoms with Crippen molar-refractivity contribution in [2.45, 2.75) is 55.4 Å². The molecule has 0 aromatic carbocycles. The van der Waals surface area contributed by atoms with Crippen LogP contribution in [-0.4, -0.2) is 40.8 Å². The smallest absolute Gasteiger partial charge is 0.0685 e. The number of nitrogens with two attached hydrogens (primary N) is 1. The molecule has 0 bridgehead atoms. The first-order chi connectivity index (χ1) is 9.33. The highest BCUT2D eigenvalue weighted by atomic mass is 32.2. The van der Waals surface area contributed by atoms with E-state index in [0.717, 1.165) is 6.61 Å². The number of thioether (sulfide) groups is 2. The van der Waals surface area contributed by atoms with E-state index in [-0.39, 0.29) is 5.60 Å². The molecule has 3 N–H and O–H groups in total. The molecule has 1 spiro atoms. The molecule has 1 saturated carbocycles. The minimum Gasteiger partial charge on any atom is -0.375 e. The minimum atomic E-state index is 0.213. The fourth-order valence-electron chi connectivity index (χ4n) is 4.00. The van der Waals surface area contributed by atoms with Gasteiger partial charge in [0.15, 0.2) is 0 Å². The second kappa shape index (κ2) is 6.56. The van der Waals surface area contributed by atoms with E-state index < -0.39 is 0 Å². The molecule has 3 unspecified atom stereocenters. The molecule has 0 amide bonds. The summed E-state index contributed by atoms with van der Waals surface area (Å²) in [6.45, 7) is 0.938. The predicted octanol–water partition coefficient (Wildman–Crippen LogP) is 2.41. The molecular weight excluding hydrogens is 276 g/mol. The second-order valence-electron chi connectivity index (χ2n) is 6.17. The summed E-state index contributed by atoms with van der Waals surface area (Å²) in [7, 11) is 0. The summed E-state index contributed by atoms with van der Waals surface area (Å²) in [5.41, 5.74) is 3.37. The van der Waals surface area contributed by atoms with Crippen LogP contribution < -0.4 is 11.3 Å². The monoisotopic (exact) mass is 302 g/mol. The van der Waals surface area contributed by atoms with Crippen LogP contribution in [0, 0.1) is 5.92 Å². The molecule has 5 heteroatoms. The van der Waals surface area contributed by atoms with E-state index in [4.69, 9.17) is 10.6 Å². The van der Waals surface area contributed by atoms with Gasteiger partial charge in [0.1, 0.15) is 0 Å². The summed E-state index contributed by atoms with van der Waals surface area (Å²) in [6.07, 6.45) is 7.64. The lowest BCUT2D eigenvalue weighted by Gasteiger charge is -2.43. The second-order valence-corrected chi connectivity index (χ2v) is 8.66. The van der Waals surface area contributed by atoms with Gasteiger partial charge in [0.2, 0.25) is 0 Å². The number of rotatable bonds is 3. The maximum Gasteiger partial charge on any atom is 0.0685 e. The summed E-state index contributed by atoms with van der Waals surface area (Å²) in [6, 6.07) is 0.471. The first kappa shape index (κ1) is 14.5. The number of hydrazine groups is 1. The Morgan fingerprint density at radius 1 is 1.26 bits per heavy atom. The maximum atomic E-state index is 6.16. The van der Waals surface area contributed by atoms with Crippen molar-refractivity contribution in [3.05, 3.63) is 0 Å². The summed E-state index contributed by atoms with van der Waals surface area (Å²) in [5.74, 6) is 10.4. The molecule has 0 aromatic rings. The molecule has 19 heavy (non-hydrogen) atoms. The van der Waals surface area contributed by atoms with Gasteiger partial charge in [-0.15, -0.1) is 0 Å². The van der Waals surface area contributed by atoms with Crippen molar-refractivity contribution in [3.63, 3.8) is 0 Å². The van der Waals surface area contributed by atoms with Gasteiger partial charge in [-0.1, -0.05) is 12.8 Å². The van der Waals surface area contributed by atoms with Crippen LogP contribution in [0.5, 0.6) is 0 Å². The Morgan fingerprint density at radius 2 is 2.11 bits per heavy atom. The number of nitrogens with one attached hydrogen (secondary N) is 1. The van der Waals surface area contributed by atoms with Crippen molar-refractivity contribution < 1.29 is 4.74 Å². The van der Waals surface area contributed by atoms with Crippen molar-refractivity contribution in [2.24, 2.45) is 11.8 Å². The summed E-state index contributed by atoms with van der Waals surface area (Å²) >= 11 is 4.20. The Labute approximate surface area is 125 Å². The van der Waals surface area contributed by atoms with Crippen LogP contribution >= 0.6 is 23.5 Å². The normalized spacial score (nSPS) is 36.5. The van der Waals surface area contributed by atoms with Gasteiger partial charge in [-0.25, -0.2) is 0 Å².